The SMILES string of the molecule is CCOC(=O)[C@@H]1[C@H](N)[C@H]2CC[C@@H]1O2.Cl. The second kappa shape index (κ2) is 4.47. The molecular formula is C9H16ClNO3. The monoisotopic (exact) mass is 221 g/mol. The first kappa shape index (κ1) is 11.8. The highest BCUT2D eigenvalue weighted by atomic mass is 35.5. The highest BCUT2D eigenvalue weighted by Gasteiger charge is 2.51. The minimum absolute atomic E-state index is 0. The molecule has 2 bridgehead atoms. The molecular weight excluding hydrogens is 206 g/mol. The molecule has 0 aromatic carbocycles. The van der Waals surface area contributed by atoms with Gasteiger partial charge in [-0.2, -0.15) is 0 Å². The third-order valence-electron chi connectivity index (χ3n) is 2.89. The zero-order chi connectivity index (χ0) is 9.42. The van der Waals surface area contributed by atoms with E-state index in [4.69, 9.17) is 15.2 Å². The molecule has 0 aliphatic carbocycles. The smallest absolute Gasteiger partial charge is 0.313 e. The molecule has 0 amide bonds. The zero-order valence-corrected chi connectivity index (χ0v) is 8.96. The lowest BCUT2D eigenvalue weighted by atomic mass is 9.85. The van der Waals surface area contributed by atoms with E-state index in [1.54, 1.807) is 6.92 Å². The maximum Gasteiger partial charge on any atom is 0.313 e. The number of carbonyl (C=O) groups is 1. The zero-order valence-electron chi connectivity index (χ0n) is 8.14. The predicted molar refractivity (Wildman–Crippen MR) is 53.2 cm³/mol. The molecule has 0 unspecified atom stereocenters. The van der Waals surface area contributed by atoms with E-state index in [0.717, 1.165) is 12.8 Å². The van der Waals surface area contributed by atoms with Crippen LogP contribution in [-0.4, -0.2) is 30.8 Å². The summed E-state index contributed by atoms with van der Waals surface area (Å²) in [5.74, 6) is -0.416. The van der Waals surface area contributed by atoms with Crippen LogP contribution in [-0.2, 0) is 14.3 Å². The van der Waals surface area contributed by atoms with Gasteiger partial charge < -0.3 is 15.2 Å². The number of rotatable bonds is 2. The van der Waals surface area contributed by atoms with Crippen molar-refractivity contribution in [2.45, 2.75) is 38.0 Å². The van der Waals surface area contributed by atoms with E-state index in [1.807, 2.05) is 0 Å². The van der Waals surface area contributed by atoms with Gasteiger partial charge in [0, 0.05) is 6.04 Å². The number of esters is 1. The lowest BCUT2D eigenvalue weighted by molar-refractivity contribution is -0.150. The molecule has 14 heavy (non-hydrogen) atoms. The lowest BCUT2D eigenvalue weighted by Crippen LogP contribution is -2.44. The Morgan fingerprint density at radius 2 is 2.14 bits per heavy atom. The molecule has 0 saturated carbocycles. The first-order chi connectivity index (χ1) is 6.24. The van der Waals surface area contributed by atoms with Crippen LogP contribution in [0.15, 0.2) is 0 Å². The summed E-state index contributed by atoms with van der Waals surface area (Å²) in [5, 5.41) is 0. The Labute approximate surface area is 89.5 Å². The van der Waals surface area contributed by atoms with Gasteiger partial charge >= 0.3 is 5.97 Å². The summed E-state index contributed by atoms with van der Waals surface area (Å²) in [6, 6.07) is -0.155. The molecule has 2 aliphatic rings. The van der Waals surface area contributed by atoms with Gasteiger partial charge in [0.25, 0.3) is 0 Å². The summed E-state index contributed by atoms with van der Waals surface area (Å²) in [4.78, 5) is 11.5. The first-order valence-corrected chi connectivity index (χ1v) is 4.81. The van der Waals surface area contributed by atoms with E-state index in [1.165, 1.54) is 0 Å². The van der Waals surface area contributed by atoms with Gasteiger partial charge in [-0.25, -0.2) is 0 Å². The second-order valence-electron chi connectivity index (χ2n) is 3.65. The van der Waals surface area contributed by atoms with E-state index in [0.29, 0.717) is 6.61 Å². The van der Waals surface area contributed by atoms with E-state index < -0.39 is 0 Å². The van der Waals surface area contributed by atoms with E-state index in [-0.39, 0.29) is 42.5 Å². The molecule has 82 valence electrons. The summed E-state index contributed by atoms with van der Waals surface area (Å²) in [6.07, 6.45) is 2.03. The summed E-state index contributed by atoms with van der Waals surface area (Å²) in [5.41, 5.74) is 5.87. The Morgan fingerprint density at radius 3 is 2.64 bits per heavy atom. The third kappa shape index (κ3) is 1.74. The van der Waals surface area contributed by atoms with Crippen molar-refractivity contribution < 1.29 is 14.3 Å². The molecule has 0 radical (unpaired) electrons. The number of halogens is 1. The van der Waals surface area contributed by atoms with Crippen molar-refractivity contribution in [3.63, 3.8) is 0 Å². The van der Waals surface area contributed by atoms with Crippen LogP contribution in [0.1, 0.15) is 19.8 Å². The third-order valence-corrected chi connectivity index (χ3v) is 2.89. The molecule has 2 rings (SSSR count). The molecule has 4 atom stereocenters. The molecule has 2 fully saturated rings. The fraction of sp³-hybridized carbons (Fsp3) is 0.889. The largest absolute Gasteiger partial charge is 0.466 e. The van der Waals surface area contributed by atoms with Crippen LogP contribution in [0.5, 0.6) is 0 Å². The van der Waals surface area contributed by atoms with Crippen molar-refractivity contribution in [1.82, 2.24) is 0 Å². The van der Waals surface area contributed by atoms with E-state index >= 15 is 0 Å². The molecule has 2 saturated heterocycles. The van der Waals surface area contributed by atoms with Crippen molar-refractivity contribution in [1.29, 1.82) is 0 Å². The Bertz CT molecular complexity index is 222. The molecule has 5 heteroatoms. The second-order valence-corrected chi connectivity index (χ2v) is 3.65. The van der Waals surface area contributed by atoms with Crippen molar-refractivity contribution in [3.05, 3.63) is 0 Å². The summed E-state index contributed by atoms with van der Waals surface area (Å²) in [6.45, 7) is 2.22. The van der Waals surface area contributed by atoms with Crippen LogP contribution < -0.4 is 5.73 Å². The Hall–Kier alpha value is -0.320. The summed E-state index contributed by atoms with van der Waals surface area (Å²) < 4.78 is 10.5. The van der Waals surface area contributed by atoms with Crippen molar-refractivity contribution in [2.24, 2.45) is 11.7 Å². The fourth-order valence-corrected chi connectivity index (χ4v) is 2.26. The number of fused-ring (bicyclic) bond motifs is 2. The normalized spacial score (nSPS) is 39.3. The van der Waals surface area contributed by atoms with Gasteiger partial charge in [-0.15, -0.1) is 12.4 Å². The van der Waals surface area contributed by atoms with Crippen LogP contribution in [0.4, 0.5) is 0 Å². The van der Waals surface area contributed by atoms with Crippen molar-refractivity contribution in [3.8, 4) is 0 Å². The molecule has 0 aromatic heterocycles. The Kier molecular flexibility index (Phi) is 3.75. The minimum atomic E-state index is -0.223. The van der Waals surface area contributed by atoms with E-state index in [9.17, 15) is 4.79 Å². The number of nitrogens with two attached hydrogens (primary N) is 1. The van der Waals surface area contributed by atoms with E-state index in [2.05, 4.69) is 0 Å². The average Bonchev–Trinajstić information content (AvgIpc) is 2.63. The maximum atomic E-state index is 11.5. The van der Waals surface area contributed by atoms with Gasteiger partial charge in [0.1, 0.15) is 5.92 Å². The Balaban J connectivity index is 0.000000980. The van der Waals surface area contributed by atoms with Gasteiger partial charge in [-0.05, 0) is 19.8 Å². The topological polar surface area (TPSA) is 61.5 Å². The molecule has 2 N–H and O–H groups in total. The molecule has 0 aromatic rings. The van der Waals surface area contributed by atoms with Gasteiger partial charge in [0.05, 0.1) is 18.8 Å². The van der Waals surface area contributed by atoms with Crippen LogP contribution >= 0.6 is 12.4 Å². The van der Waals surface area contributed by atoms with Gasteiger partial charge in [-0.1, -0.05) is 0 Å². The average molecular weight is 222 g/mol. The standard InChI is InChI=1S/C9H15NO3.ClH/c1-2-12-9(11)7-5-3-4-6(13-5)8(7)10;/h5-8H,2-4,10H2,1H3;1H/t5-,6+,7-,8+;/m0./s1. The molecule has 2 heterocycles. The van der Waals surface area contributed by atoms with Gasteiger partial charge in [0.15, 0.2) is 0 Å². The molecule has 2 aliphatic heterocycles. The fourth-order valence-electron chi connectivity index (χ4n) is 2.26. The number of ether oxygens (including phenoxy) is 2. The lowest BCUT2D eigenvalue weighted by Gasteiger charge is -2.22. The summed E-state index contributed by atoms with van der Waals surface area (Å²) >= 11 is 0. The summed E-state index contributed by atoms with van der Waals surface area (Å²) in [7, 11) is 0. The molecule has 4 nitrogen and oxygen atoms in total. The minimum Gasteiger partial charge on any atom is -0.466 e. The quantitative estimate of drug-likeness (QED) is 0.689. The molecule has 0 spiro atoms. The van der Waals surface area contributed by atoms with Crippen LogP contribution in [0.25, 0.3) is 0 Å². The predicted octanol–water partition coefficient (Wildman–Crippen LogP) is 0.476. The highest BCUT2D eigenvalue weighted by molar-refractivity contribution is 5.85. The van der Waals surface area contributed by atoms with Crippen molar-refractivity contribution in [2.75, 3.05) is 6.61 Å². The number of hydrogen-bond donors (Lipinski definition) is 1. The maximum absolute atomic E-state index is 11.5. The van der Waals surface area contributed by atoms with Gasteiger partial charge in [0.2, 0.25) is 0 Å². The first-order valence-electron chi connectivity index (χ1n) is 4.81. The van der Waals surface area contributed by atoms with Crippen LogP contribution in [0.2, 0.25) is 0 Å². The van der Waals surface area contributed by atoms with Gasteiger partial charge in [-0.3, -0.25) is 4.79 Å². The van der Waals surface area contributed by atoms with Crippen molar-refractivity contribution >= 4 is 18.4 Å². The number of carbonyl (C=O) groups excluding carboxylic acids is 1. The Morgan fingerprint density at radius 1 is 1.50 bits per heavy atom. The number of hydrogen-bond acceptors (Lipinski definition) is 4. The highest BCUT2D eigenvalue weighted by Crippen LogP contribution is 2.38. The van der Waals surface area contributed by atoms with Crippen LogP contribution in [0.3, 0.4) is 0 Å². The van der Waals surface area contributed by atoms with Crippen LogP contribution in [0, 0.1) is 5.92 Å².